The summed E-state index contributed by atoms with van der Waals surface area (Å²) in [6.45, 7) is 8.88. The molecule has 0 atom stereocenters. The molecule has 152 valence electrons. The van der Waals surface area contributed by atoms with Crippen molar-refractivity contribution < 1.29 is 9.47 Å². The van der Waals surface area contributed by atoms with Gasteiger partial charge in [0.1, 0.15) is 0 Å². The van der Waals surface area contributed by atoms with Crippen molar-refractivity contribution in [2.75, 3.05) is 20.4 Å². The number of hydrogen-bond acceptors (Lipinski definition) is 4. The highest BCUT2D eigenvalue weighted by atomic mass is 16.7. The SMILES string of the molecule is CCNC(=NCc1c(CC)nn(C)c1CC)N(C)Cc1ccc2c(c1)OCO2. The quantitative estimate of drug-likeness (QED) is 0.587. The van der Waals surface area contributed by atoms with Crippen LogP contribution in [0.5, 0.6) is 11.5 Å². The maximum Gasteiger partial charge on any atom is 0.231 e. The van der Waals surface area contributed by atoms with Gasteiger partial charge in [-0.1, -0.05) is 19.9 Å². The molecule has 1 aromatic carbocycles. The molecule has 0 bridgehead atoms. The lowest BCUT2D eigenvalue weighted by molar-refractivity contribution is 0.174. The second-order valence-corrected chi connectivity index (χ2v) is 6.92. The highest BCUT2D eigenvalue weighted by molar-refractivity contribution is 5.79. The molecule has 7 heteroatoms. The number of guanidine groups is 1. The summed E-state index contributed by atoms with van der Waals surface area (Å²) in [6, 6.07) is 6.07. The Bertz CT molecular complexity index is 844. The van der Waals surface area contributed by atoms with Gasteiger partial charge in [-0.15, -0.1) is 0 Å². The van der Waals surface area contributed by atoms with Crippen LogP contribution in [0.25, 0.3) is 0 Å². The lowest BCUT2D eigenvalue weighted by Gasteiger charge is -2.22. The Morgan fingerprint density at radius 3 is 2.71 bits per heavy atom. The van der Waals surface area contributed by atoms with Crippen molar-refractivity contribution in [1.29, 1.82) is 0 Å². The highest BCUT2D eigenvalue weighted by Crippen LogP contribution is 2.32. The predicted molar refractivity (Wildman–Crippen MR) is 111 cm³/mol. The van der Waals surface area contributed by atoms with Crippen LogP contribution >= 0.6 is 0 Å². The van der Waals surface area contributed by atoms with Crippen LogP contribution in [0.1, 0.15) is 43.3 Å². The molecule has 2 aromatic rings. The number of nitrogens with one attached hydrogen (secondary N) is 1. The van der Waals surface area contributed by atoms with Gasteiger partial charge in [0.15, 0.2) is 17.5 Å². The molecule has 0 aliphatic carbocycles. The molecule has 0 amide bonds. The van der Waals surface area contributed by atoms with Crippen molar-refractivity contribution in [2.45, 2.75) is 46.7 Å². The lowest BCUT2D eigenvalue weighted by Crippen LogP contribution is -2.38. The first-order valence-electron chi connectivity index (χ1n) is 9.98. The number of benzene rings is 1. The van der Waals surface area contributed by atoms with E-state index < -0.39 is 0 Å². The fraction of sp³-hybridized carbons (Fsp3) is 0.524. The van der Waals surface area contributed by atoms with Crippen LogP contribution in [-0.2, 0) is 33.0 Å². The van der Waals surface area contributed by atoms with E-state index in [1.807, 2.05) is 23.9 Å². The van der Waals surface area contributed by atoms with Crippen molar-refractivity contribution >= 4 is 5.96 Å². The second kappa shape index (κ2) is 8.99. The van der Waals surface area contributed by atoms with Gasteiger partial charge >= 0.3 is 0 Å². The fourth-order valence-electron chi connectivity index (χ4n) is 3.58. The third-order valence-corrected chi connectivity index (χ3v) is 4.97. The number of nitrogens with zero attached hydrogens (tertiary/aromatic N) is 4. The van der Waals surface area contributed by atoms with Crippen LogP contribution in [0, 0.1) is 0 Å². The number of aliphatic imine (C=N–C) groups is 1. The first-order chi connectivity index (χ1) is 13.6. The standard InChI is InChI=1S/C21H31N5O2/c1-6-17-16(18(7-2)26(5)24-17)12-23-21(22-8-3)25(4)13-15-9-10-19-20(11-15)28-14-27-19/h9-11H,6-8,12-14H2,1-5H3,(H,22,23). The first-order valence-corrected chi connectivity index (χ1v) is 9.98. The van der Waals surface area contributed by atoms with E-state index in [-0.39, 0.29) is 0 Å². The largest absolute Gasteiger partial charge is 0.454 e. The molecule has 7 nitrogen and oxygen atoms in total. The van der Waals surface area contributed by atoms with Gasteiger partial charge in [0, 0.05) is 38.4 Å². The van der Waals surface area contributed by atoms with Gasteiger partial charge in [-0.25, -0.2) is 4.99 Å². The topological polar surface area (TPSA) is 63.9 Å². The smallest absolute Gasteiger partial charge is 0.231 e. The molecular weight excluding hydrogens is 354 g/mol. The molecule has 0 unspecified atom stereocenters. The summed E-state index contributed by atoms with van der Waals surface area (Å²) in [7, 11) is 4.07. The molecule has 0 spiro atoms. The highest BCUT2D eigenvalue weighted by Gasteiger charge is 2.16. The van der Waals surface area contributed by atoms with Crippen molar-refractivity contribution in [3.05, 3.63) is 40.7 Å². The minimum Gasteiger partial charge on any atom is -0.454 e. The fourth-order valence-corrected chi connectivity index (χ4v) is 3.58. The van der Waals surface area contributed by atoms with Crippen molar-refractivity contribution in [1.82, 2.24) is 20.0 Å². The van der Waals surface area contributed by atoms with Gasteiger partial charge in [-0.05, 0) is 37.5 Å². The molecule has 1 aliphatic rings. The van der Waals surface area contributed by atoms with E-state index in [2.05, 4.69) is 49.2 Å². The third-order valence-electron chi connectivity index (χ3n) is 4.97. The molecule has 0 radical (unpaired) electrons. The molecule has 0 saturated carbocycles. The zero-order valence-corrected chi connectivity index (χ0v) is 17.6. The van der Waals surface area contributed by atoms with Crippen molar-refractivity contribution in [3.8, 4) is 11.5 Å². The Balaban J connectivity index is 1.77. The predicted octanol–water partition coefficient (Wildman–Crippen LogP) is 2.87. The summed E-state index contributed by atoms with van der Waals surface area (Å²) in [6.07, 6.45) is 1.88. The summed E-state index contributed by atoms with van der Waals surface area (Å²) in [4.78, 5) is 7.04. The average Bonchev–Trinajstić information content (AvgIpc) is 3.27. The van der Waals surface area contributed by atoms with Crippen LogP contribution in [0.2, 0.25) is 0 Å². The zero-order valence-electron chi connectivity index (χ0n) is 17.6. The van der Waals surface area contributed by atoms with E-state index in [9.17, 15) is 0 Å². The van der Waals surface area contributed by atoms with E-state index in [1.54, 1.807) is 0 Å². The van der Waals surface area contributed by atoms with Gasteiger partial charge in [0.05, 0.1) is 12.2 Å². The lowest BCUT2D eigenvalue weighted by atomic mass is 10.1. The number of fused-ring (bicyclic) bond motifs is 1. The molecule has 2 heterocycles. The van der Waals surface area contributed by atoms with Gasteiger partial charge in [-0.2, -0.15) is 5.10 Å². The Morgan fingerprint density at radius 1 is 1.21 bits per heavy atom. The van der Waals surface area contributed by atoms with Crippen LogP contribution in [0.4, 0.5) is 0 Å². The minimum absolute atomic E-state index is 0.295. The maximum absolute atomic E-state index is 5.49. The molecule has 0 fully saturated rings. The summed E-state index contributed by atoms with van der Waals surface area (Å²) < 4.78 is 12.9. The van der Waals surface area contributed by atoms with Crippen molar-refractivity contribution in [2.24, 2.45) is 12.0 Å². The molecule has 1 N–H and O–H groups in total. The maximum atomic E-state index is 5.49. The second-order valence-electron chi connectivity index (χ2n) is 6.92. The van der Waals surface area contributed by atoms with E-state index in [0.29, 0.717) is 13.3 Å². The molecular formula is C21H31N5O2. The number of aryl methyl sites for hydroxylation is 2. The van der Waals surface area contributed by atoms with Crippen LogP contribution in [0.15, 0.2) is 23.2 Å². The van der Waals surface area contributed by atoms with Gasteiger partial charge in [0.2, 0.25) is 6.79 Å². The van der Waals surface area contributed by atoms with E-state index in [1.165, 1.54) is 11.3 Å². The van der Waals surface area contributed by atoms with Gasteiger partial charge in [0.25, 0.3) is 0 Å². The minimum atomic E-state index is 0.295. The zero-order chi connectivity index (χ0) is 20.1. The summed E-state index contributed by atoms with van der Waals surface area (Å²) in [5.41, 5.74) is 4.80. The van der Waals surface area contributed by atoms with Gasteiger partial charge < -0.3 is 19.7 Å². The first kappa shape index (κ1) is 20.0. The summed E-state index contributed by atoms with van der Waals surface area (Å²) in [5.74, 6) is 2.50. The van der Waals surface area contributed by atoms with E-state index >= 15 is 0 Å². The molecule has 3 rings (SSSR count). The normalized spacial score (nSPS) is 13.1. The van der Waals surface area contributed by atoms with Gasteiger partial charge in [-0.3, -0.25) is 4.68 Å². The number of ether oxygens (including phenoxy) is 2. The number of aromatic nitrogens is 2. The molecule has 1 aromatic heterocycles. The summed E-state index contributed by atoms with van der Waals surface area (Å²) >= 11 is 0. The Hall–Kier alpha value is -2.70. The Labute approximate surface area is 167 Å². The molecule has 0 saturated heterocycles. The van der Waals surface area contributed by atoms with E-state index in [4.69, 9.17) is 14.5 Å². The van der Waals surface area contributed by atoms with Crippen LogP contribution in [0.3, 0.4) is 0 Å². The third kappa shape index (κ3) is 4.24. The Kier molecular flexibility index (Phi) is 6.44. The monoisotopic (exact) mass is 385 g/mol. The molecule has 28 heavy (non-hydrogen) atoms. The van der Waals surface area contributed by atoms with Crippen LogP contribution < -0.4 is 14.8 Å². The Morgan fingerprint density at radius 2 is 2.00 bits per heavy atom. The van der Waals surface area contributed by atoms with Crippen LogP contribution in [-0.4, -0.2) is 41.0 Å². The number of hydrogen-bond donors (Lipinski definition) is 1. The summed E-state index contributed by atoms with van der Waals surface area (Å²) in [5, 5.41) is 8.06. The molecule has 1 aliphatic heterocycles. The van der Waals surface area contributed by atoms with Crippen molar-refractivity contribution in [3.63, 3.8) is 0 Å². The number of rotatable bonds is 7. The van der Waals surface area contributed by atoms with E-state index in [0.717, 1.165) is 54.6 Å². The average molecular weight is 386 g/mol.